The molecule has 2 amide bonds. The van der Waals surface area contributed by atoms with Crippen molar-refractivity contribution >= 4 is 23.4 Å². The second kappa shape index (κ2) is 4.85. The van der Waals surface area contributed by atoms with E-state index >= 15 is 0 Å². The maximum Gasteiger partial charge on any atom is 0.261 e. The number of benzene rings is 1. The molecule has 0 aromatic heterocycles. The summed E-state index contributed by atoms with van der Waals surface area (Å²) < 4.78 is 5.80. The molecule has 0 radical (unpaired) electrons. The monoisotopic (exact) mass is 335 g/mol. The molecular weight excluding hydrogens is 318 g/mol. The van der Waals surface area contributed by atoms with Crippen LogP contribution in [0.4, 0.5) is 0 Å². The Morgan fingerprint density at radius 2 is 2.04 bits per heavy atom. The van der Waals surface area contributed by atoms with Crippen molar-refractivity contribution in [2.24, 2.45) is 11.3 Å². The van der Waals surface area contributed by atoms with Crippen LogP contribution >= 0.6 is 11.6 Å². The van der Waals surface area contributed by atoms with Crippen LogP contribution in [-0.4, -0.2) is 23.5 Å². The lowest BCUT2D eigenvalue weighted by molar-refractivity contribution is -0.185. The molecule has 3 fully saturated rings. The maximum absolute atomic E-state index is 12.5. The van der Waals surface area contributed by atoms with Crippen LogP contribution in [0, 0.1) is 5.41 Å². The van der Waals surface area contributed by atoms with Crippen molar-refractivity contribution < 1.29 is 14.3 Å². The third kappa shape index (κ3) is 2.20. The van der Waals surface area contributed by atoms with E-state index in [1.54, 1.807) is 12.1 Å². The van der Waals surface area contributed by atoms with Crippen LogP contribution in [0.3, 0.4) is 0 Å². The molecular formula is C16H18ClN3O3. The molecule has 3 aliphatic carbocycles. The van der Waals surface area contributed by atoms with Crippen LogP contribution < -0.4 is 21.3 Å². The predicted octanol–water partition coefficient (Wildman–Crippen LogP) is 1.06. The Hall–Kier alpha value is -1.79. The average Bonchev–Trinajstić information content (AvgIpc) is 2.47. The largest absolute Gasteiger partial charge is 0.480 e. The first kappa shape index (κ1) is 14.8. The second-order valence-electron chi connectivity index (χ2n) is 6.95. The molecule has 1 aromatic rings. The van der Waals surface area contributed by atoms with Crippen molar-refractivity contribution in [3.63, 3.8) is 0 Å². The summed E-state index contributed by atoms with van der Waals surface area (Å²) in [7, 11) is 0. The number of aryl methyl sites for hydroxylation is 1. The van der Waals surface area contributed by atoms with E-state index in [4.69, 9.17) is 22.2 Å². The van der Waals surface area contributed by atoms with Gasteiger partial charge in [0.05, 0.1) is 5.41 Å². The summed E-state index contributed by atoms with van der Waals surface area (Å²) >= 11 is 5.97. The third-order valence-corrected chi connectivity index (χ3v) is 5.53. The Morgan fingerprint density at radius 1 is 1.30 bits per heavy atom. The van der Waals surface area contributed by atoms with E-state index in [1.165, 1.54) is 0 Å². The molecule has 1 aliphatic heterocycles. The first-order valence-corrected chi connectivity index (χ1v) is 8.11. The van der Waals surface area contributed by atoms with Crippen molar-refractivity contribution in [2.45, 2.75) is 43.7 Å². The molecule has 1 atom stereocenters. The molecule has 4 aliphatic rings. The van der Waals surface area contributed by atoms with Gasteiger partial charge in [-0.25, -0.2) is 5.84 Å². The van der Waals surface area contributed by atoms with Gasteiger partial charge in [0.25, 0.3) is 5.91 Å². The standard InChI is InChI=1S/C16H18ClN3O3/c17-10-2-4-11-9(5-10)1-3-12(23-11)13(21)19-16-6-15(7-16,8-16)14(22)20-18/h2,4-5,12H,1,3,6-8,18H2,(H,19,21)(H,20,22). The van der Waals surface area contributed by atoms with Crippen LogP contribution in [0.15, 0.2) is 18.2 Å². The predicted molar refractivity (Wildman–Crippen MR) is 83.7 cm³/mol. The second-order valence-corrected chi connectivity index (χ2v) is 7.39. The number of nitrogens with one attached hydrogen (secondary N) is 2. The zero-order valence-corrected chi connectivity index (χ0v) is 13.3. The van der Waals surface area contributed by atoms with Gasteiger partial charge in [-0.1, -0.05) is 11.6 Å². The highest BCUT2D eigenvalue weighted by Crippen LogP contribution is 2.67. The highest BCUT2D eigenvalue weighted by Gasteiger charge is 2.72. The first-order chi connectivity index (χ1) is 11.0. The number of hydrogen-bond acceptors (Lipinski definition) is 4. The molecule has 23 heavy (non-hydrogen) atoms. The van der Waals surface area contributed by atoms with Crippen molar-refractivity contribution in [3.05, 3.63) is 28.8 Å². The van der Waals surface area contributed by atoms with Gasteiger partial charge in [-0.2, -0.15) is 0 Å². The van der Waals surface area contributed by atoms with Crippen molar-refractivity contribution in [3.8, 4) is 5.75 Å². The quantitative estimate of drug-likeness (QED) is 0.437. The van der Waals surface area contributed by atoms with E-state index in [9.17, 15) is 9.59 Å². The summed E-state index contributed by atoms with van der Waals surface area (Å²) in [5, 5.41) is 3.74. The van der Waals surface area contributed by atoms with Gasteiger partial charge in [0.15, 0.2) is 6.10 Å². The molecule has 1 unspecified atom stereocenters. The summed E-state index contributed by atoms with van der Waals surface area (Å²) in [6.07, 6.45) is 2.89. The zero-order chi connectivity index (χ0) is 16.2. The number of ether oxygens (including phenoxy) is 1. The number of fused-ring (bicyclic) bond motifs is 1. The molecule has 1 heterocycles. The van der Waals surface area contributed by atoms with Gasteiger partial charge in [-0.3, -0.25) is 15.0 Å². The minimum absolute atomic E-state index is 0.105. The molecule has 1 aromatic carbocycles. The fourth-order valence-corrected chi connectivity index (χ4v) is 4.39. The van der Waals surface area contributed by atoms with Gasteiger partial charge >= 0.3 is 0 Å². The van der Waals surface area contributed by atoms with Gasteiger partial charge < -0.3 is 10.1 Å². The number of nitrogens with two attached hydrogens (primary N) is 1. The number of hydrazine groups is 1. The normalized spacial score (nSPS) is 33.4. The molecule has 0 spiro atoms. The van der Waals surface area contributed by atoms with Crippen LogP contribution in [-0.2, 0) is 16.0 Å². The lowest BCUT2D eigenvalue weighted by Crippen LogP contribution is -2.79. The van der Waals surface area contributed by atoms with Gasteiger partial charge in [-0.15, -0.1) is 0 Å². The van der Waals surface area contributed by atoms with E-state index in [-0.39, 0.29) is 22.8 Å². The van der Waals surface area contributed by atoms with Crippen molar-refractivity contribution in [2.75, 3.05) is 0 Å². The van der Waals surface area contributed by atoms with E-state index in [0.717, 1.165) is 17.7 Å². The molecule has 5 rings (SSSR count). The molecule has 2 bridgehead atoms. The Balaban J connectivity index is 1.37. The summed E-state index contributed by atoms with van der Waals surface area (Å²) in [5.74, 6) is 5.68. The Morgan fingerprint density at radius 3 is 2.74 bits per heavy atom. The molecule has 6 nitrogen and oxygen atoms in total. The van der Waals surface area contributed by atoms with E-state index in [1.807, 2.05) is 6.07 Å². The Kier molecular flexibility index (Phi) is 3.12. The van der Waals surface area contributed by atoms with Crippen LogP contribution in [0.25, 0.3) is 0 Å². The SMILES string of the molecule is NNC(=O)C12CC(NC(=O)C3CCc4cc(Cl)ccc4O3)(C1)C2. The minimum atomic E-state index is -0.489. The minimum Gasteiger partial charge on any atom is -0.480 e. The van der Waals surface area contributed by atoms with Gasteiger partial charge in [0.1, 0.15) is 5.75 Å². The first-order valence-electron chi connectivity index (χ1n) is 7.74. The summed E-state index contributed by atoms with van der Waals surface area (Å²) in [6.45, 7) is 0. The number of carbonyl (C=O) groups is 2. The number of hydrogen-bond donors (Lipinski definition) is 3. The van der Waals surface area contributed by atoms with Gasteiger partial charge in [0, 0.05) is 10.6 Å². The third-order valence-electron chi connectivity index (χ3n) is 5.29. The van der Waals surface area contributed by atoms with Crippen LogP contribution in [0.2, 0.25) is 5.02 Å². The van der Waals surface area contributed by atoms with Crippen molar-refractivity contribution in [1.82, 2.24) is 10.7 Å². The topological polar surface area (TPSA) is 93.5 Å². The Bertz CT molecular complexity index is 686. The number of amides is 2. The summed E-state index contributed by atoms with van der Waals surface area (Å²) in [6, 6.07) is 5.44. The average molecular weight is 336 g/mol. The molecule has 0 saturated heterocycles. The van der Waals surface area contributed by atoms with E-state index < -0.39 is 6.10 Å². The molecule has 4 N–H and O–H groups in total. The van der Waals surface area contributed by atoms with Gasteiger partial charge in [0.2, 0.25) is 5.91 Å². The fourth-order valence-electron chi connectivity index (χ4n) is 4.20. The fraction of sp³-hybridized carbons (Fsp3) is 0.500. The van der Waals surface area contributed by atoms with Crippen LogP contribution in [0.1, 0.15) is 31.2 Å². The maximum atomic E-state index is 12.5. The lowest BCUT2D eigenvalue weighted by atomic mass is 9.39. The number of halogens is 1. The highest BCUT2D eigenvalue weighted by atomic mass is 35.5. The highest BCUT2D eigenvalue weighted by molar-refractivity contribution is 6.30. The number of rotatable bonds is 3. The number of carbonyl (C=O) groups excluding carboxylic acids is 2. The van der Waals surface area contributed by atoms with Crippen LogP contribution in [0.5, 0.6) is 5.75 Å². The van der Waals surface area contributed by atoms with E-state index in [2.05, 4.69) is 10.7 Å². The lowest BCUT2D eigenvalue weighted by Gasteiger charge is -2.69. The summed E-state index contributed by atoms with van der Waals surface area (Å²) in [4.78, 5) is 24.1. The zero-order valence-electron chi connectivity index (χ0n) is 12.5. The molecule has 3 saturated carbocycles. The van der Waals surface area contributed by atoms with Gasteiger partial charge in [-0.05, 0) is 55.9 Å². The Labute approximate surface area is 138 Å². The molecule has 7 heteroatoms. The summed E-state index contributed by atoms with van der Waals surface area (Å²) in [5.41, 5.74) is 2.64. The van der Waals surface area contributed by atoms with Crippen molar-refractivity contribution in [1.29, 1.82) is 0 Å². The smallest absolute Gasteiger partial charge is 0.261 e. The van der Waals surface area contributed by atoms with E-state index in [0.29, 0.717) is 30.7 Å². The molecule has 122 valence electrons.